The molecule has 2 aliphatic carbocycles. The van der Waals surface area contributed by atoms with E-state index in [1.807, 2.05) is 56.3 Å². The van der Waals surface area contributed by atoms with Crippen molar-refractivity contribution in [1.29, 1.82) is 0 Å². The summed E-state index contributed by atoms with van der Waals surface area (Å²) < 4.78 is 37.3. The van der Waals surface area contributed by atoms with E-state index in [1.54, 1.807) is 23.8 Å². The van der Waals surface area contributed by atoms with Gasteiger partial charge in [-0.15, -0.1) is 0 Å². The Morgan fingerprint density at radius 3 is 2.53 bits per heavy atom. The predicted octanol–water partition coefficient (Wildman–Crippen LogP) is 6.37. The quantitative estimate of drug-likeness (QED) is 0.236. The van der Waals surface area contributed by atoms with Gasteiger partial charge in [-0.25, -0.2) is 4.79 Å². The molecule has 4 heterocycles. The highest BCUT2D eigenvalue weighted by Gasteiger charge is 2.55. The Kier molecular flexibility index (Phi) is 8.08. The fraction of sp³-hybridized carbons (Fsp3) is 0.368. The SMILES string of the molecule is CO[C@@H]1O[C@H](COc2ccc(-n3c4c(c5oc(=O)c(Sc6ccccc6)c(O)c5c3=O)CCC3=C4C=CCC3C)cc2)[C@H]2OC(C)(C)O[C@@H]12. The molecule has 0 bridgehead atoms. The minimum absolute atomic E-state index is 0.0173. The van der Waals surface area contributed by atoms with E-state index in [1.165, 1.54) is 5.57 Å². The molecule has 11 heteroatoms. The number of allylic oxidation sites excluding steroid dienone is 4. The average Bonchev–Trinajstić information content (AvgIpc) is 3.58. The van der Waals surface area contributed by atoms with Crippen molar-refractivity contribution in [3.8, 4) is 17.2 Å². The van der Waals surface area contributed by atoms with Gasteiger partial charge in [0.1, 0.15) is 41.0 Å². The number of nitrogens with zero attached hydrogens (tertiary/aromatic N) is 1. The highest BCUT2D eigenvalue weighted by molar-refractivity contribution is 7.99. The van der Waals surface area contributed by atoms with E-state index in [-0.39, 0.29) is 40.4 Å². The monoisotopic (exact) mass is 683 g/mol. The van der Waals surface area contributed by atoms with Crippen LogP contribution in [0.4, 0.5) is 0 Å². The van der Waals surface area contributed by atoms with Gasteiger partial charge in [0.25, 0.3) is 5.56 Å². The summed E-state index contributed by atoms with van der Waals surface area (Å²) in [6.07, 6.45) is 4.76. The van der Waals surface area contributed by atoms with Crippen molar-refractivity contribution in [2.24, 2.45) is 5.92 Å². The van der Waals surface area contributed by atoms with Crippen LogP contribution in [-0.4, -0.2) is 53.8 Å². The fourth-order valence-corrected chi connectivity index (χ4v) is 8.30. The third-order valence-corrected chi connectivity index (χ3v) is 10.8. The van der Waals surface area contributed by atoms with Gasteiger partial charge in [0, 0.05) is 23.3 Å². The molecule has 2 aromatic carbocycles. The molecule has 1 unspecified atom stereocenters. The third-order valence-electron chi connectivity index (χ3n) is 9.69. The van der Waals surface area contributed by atoms with Gasteiger partial charge in [0.2, 0.25) is 0 Å². The molecule has 2 aromatic heterocycles. The first kappa shape index (κ1) is 32.1. The summed E-state index contributed by atoms with van der Waals surface area (Å²) in [5.74, 6) is -0.240. The molecule has 0 saturated carbocycles. The molecule has 254 valence electrons. The van der Waals surface area contributed by atoms with Crippen molar-refractivity contribution < 1.29 is 33.2 Å². The molecule has 0 amide bonds. The molecule has 2 fully saturated rings. The van der Waals surface area contributed by atoms with Crippen LogP contribution in [-0.2, 0) is 25.4 Å². The number of aryl methyl sites for hydroxylation is 1. The van der Waals surface area contributed by atoms with Gasteiger partial charge in [-0.1, -0.05) is 54.6 Å². The minimum atomic E-state index is -0.749. The summed E-state index contributed by atoms with van der Waals surface area (Å²) in [6.45, 7) is 6.12. The van der Waals surface area contributed by atoms with Crippen molar-refractivity contribution in [2.45, 2.75) is 80.2 Å². The van der Waals surface area contributed by atoms with Crippen LogP contribution in [0.25, 0.3) is 22.2 Å². The molecule has 1 N–H and O–H groups in total. The molecule has 0 spiro atoms. The molecular formula is C38H37NO9S. The molecule has 0 radical (unpaired) electrons. The summed E-state index contributed by atoms with van der Waals surface area (Å²) in [6, 6.07) is 16.4. The second-order valence-corrected chi connectivity index (χ2v) is 14.4. The highest BCUT2D eigenvalue weighted by Crippen LogP contribution is 2.44. The molecule has 4 aromatic rings. The number of fused-ring (bicyclic) bond motifs is 5. The lowest BCUT2D eigenvalue weighted by atomic mass is 9.78. The number of methoxy groups -OCH3 is 1. The van der Waals surface area contributed by atoms with Crippen LogP contribution in [0.2, 0.25) is 0 Å². The number of aromatic hydroxyl groups is 1. The maximum atomic E-state index is 14.6. The molecule has 10 nitrogen and oxygen atoms in total. The van der Waals surface area contributed by atoms with Crippen molar-refractivity contribution in [1.82, 2.24) is 4.57 Å². The maximum Gasteiger partial charge on any atom is 0.354 e. The number of hydrogen-bond acceptors (Lipinski definition) is 10. The van der Waals surface area contributed by atoms with Crippen LogP contribution < -0.4 is 15.9 Å². The Labute approximate surface area is 286 Å². The summed E-state index contributed by atoms with van der Waals surface area (Å²) in [4.78, 5) is 28.6. The maximum absolute atomic E-state index is 14.6. The first-order valence-electron chi connectivity index (χ1n) is 16.5. The van der Waals surface area contributed by atoms with Crippen LogP contribution in [0.3, 0.4) is 0 Å². The van der Waals surface area contributed by atoms with Gasteiger partial charge in [-0.3, -0.25) is 9.36 Å². The zero-order valence-electron chi connectivity index (χ0n) is 27.6. The molecule has 2 saturated heterocycles. The Hall–Kier alpha value is -4.13. The zero-order valence-corrected chi connectivity index (χ0v) is 28.5. The van der Waals surface area contributed by atoms with E-state index in [0.717, 1.165) is 40.6 Å². The normalized spacial score (nSPS) is 25.3. The van der Waals surface area contributed by atoms with Gasteiger partial charge in [0.15, 0.2) is 23.4 Å². The van der Waals surface area contributed by atoms with E-state index in [0.29, 0.717) is 29.5 Å². The standard InChI is InChI=1S/C38H37NO9S/c1-20-9-8-12-25-24(20)17-18-26-29(25)39(35(41)28-30(40)34(36(42)46-31(26)28)49-23-10-6-5-7-11-23)21-13-15-22(16-14-21)44-19-27-32-33(37(43-4)45-27)48-38(2,3)47-32/h5-8,10-16,20,27,32-33,37,40H,9,17-19H2,1-4H3/t20?,27-,32-,33-,37-/m1/s1. The fourth-order valence-electron chi connectivity index (χ4n) is 7.44. The molecule has 2 aliphatic heterocycles. The largest absolute Gasteiger partial charge is 0.505 e. The Bertz CT molecular complexity index is 2120. The Balaban J connectivity index is 1.19. The summed E-state index contributed by atoms with van der Waals surface area (Å²) >= 11 is 1.07. The Morgan fingerprint density at radius 2 is 1.78 bits per heavy atom. The lowest BCUT2D eigenvalue weighted by molar-refractivity contribution is -0.229. The van der Waals surface area contributed by atoms with Crippen LogP contribution >= 0.6 is 11.8 Å². The van der Waals surface area contributed by atoms with Gasteiger partial charge in [0.05, 0.1) is 5.69 Å². The van der Waals surface area contributed by atoms with Gasteiger partial charge < -0.3 is 33.2 Å². The van der Waals surface area contributed by atoms with Crippen LogP contribution in [0.5, 0.6) is 11.5 Å². The smallest absolute Gasteiger partial charge is 0.354 e. The van der Waals surface area contributed by atoms with Crippen LogP contribution in [0, 0.1) is 5.92 Å². The average molecular weight is 684 g/mol. The van der Waals surface area contributed by atoms with Crippen LogP contribution in [0.1, 0.15) is 44.9 Å². The van der Waals surface area contributed by atoms with Gasteiger partial charge in [-0.05, 0) is 81.0 Å². The first-order chi connectivity index (χ1) is 23.6. The van der Waals surface area contributed by atoms with E-state index >= 15 is 0 Å². The lowest BCUT2D eigenvalue weighted by Crippen LogP contribution is -2.33. The number of aromatic nitrogens is 1. The molecule has 4 aliphatic rings. The minimum Gasteiger partial charge on any atom is -0.505 e. The molecule has 8 rings (SSSR count). The van der Waals surface area contributed by atoms with Gasteiger partial charge in [-0.2, -0.15) is 0 Å². The number of pyridine rings is 1. The second kappa shape index (κ2) is 12.3. The zero-order chi connectivity index (χ0) is 34.0. The lowest BCUT2D eigenvalue weighted by Gasteiger charge is -2.30. The second-order valence-electron chi connectivity index (χ2n) is 13.3. The number of hydrogen-bond donors (Lipinski definition) is 1. The van der Waals surface area contributed by atoms with E-state index < -0.39 is 29.4 Å². The van der Waals surface area contributed by atoms with E-state index in [9.17, 15) is 14.7 Å². The first-order valence-corrected chi connectivity index (χ1v) is 17.3. The molecular weight excluding hydrogens is 646 g/mol. The summed E-state index contributed by atoms with van der Waals surface area (Å²) in [5.41, 5.74) is 3.18. The van der Waals surface area contributed by atoms with Crippen molar-refractivity contribution >= 4 is 28.3 Å². The predicted molar refractivity (Wildman–Crippen MR) is 183 cm³/mol. The number of ether oxygens (including phenoxy) is 5. The van der Waals surface area contributed by atoms with E-state index in [2.05, 4.69) is 19.1 Å². The van der Waals surface area contributed by atoms with Crippen LogP contribution in [0.15, 0.2) is 96.1 Å². The van der Waals surface area contributed by atoms with Crippen molar-refractivity contribution in [2.75, 3.05) is 13.7 Å². The number of benzene rings is 2. The van der Waals surface area contributed by atoms with Crippen molar-refractivity contribution in [3.63, 3.8) is 0 Å². The van der Waals surface area contributed by atoms with E-state index in [4.69, 9.17) is 28.1 Å². The van der Waals surface area contributed by atoms with Crippen molar-refractivity contribution in [3.05, 3.63) is 104 Å². The highest BCUT2D eigenvalue weighted by atomic mass is 32.2. The molecule has 5 atom stereocenters. The topological polar surface area (TPSA) is 119 Å². The van der Waals surface area contributed by atoms with Gasteiger partial charge >= 0.3 is 5.63 Å². The summed E-state index contributed by atoms with van der Waals surface area (Å²) in [7, 11) is 1.57. The third kappa shape index (κ3) is 5.54. The number of rotatable bonds is 7. The Morgan fingerprint density at radius 1 is 1.02 bits per heavy atom. The molecule has 49 heavy (non-hydrogen) atoms. The summed E-state index contributed by atoms with van der Waals surface area (Å²) in [5, 5.41) is 11.6.